The van der Waals surface area contributed by atoms with Crippen LogP contribution in [-0.4, -0.2) is 17.0 Å². The molecule has 1 N–H and O–H groups in total. The molecule has 2 heteroatoms. The summed E-state index contributed by atoms with van der Waals surface area (Å²) in [6, 6.07) is 0. The van der Waals surface area contributed by atoms with E-state index in [0.717, 1.165) is 12.8 Å². The van der Waals surface area contributed by atoms with E-state index in [-0.39, 0.29) is 11.7 Å². The van der Waals surface area contributed by atoms with Crippen LogP contribution in [0.4, 0.5) is 0 Å². The van der Waals surface area contributed by atoms with Gasteiger partial charge in [0.1, 0.15) is 5.78 Å². The van der Waals surface area contributed by atoms with Gasteiger partial charge in [-0.25, -0.2) is 0 Å². The van der Waals surface area contributed by atoms with E-state index in [9.17, 15) is 9.90 Å². The molecular weight excluding hydrogens is 128 g/mol. The van der Waals surface area contributed by atoms with Crippen LogP contribution < -0.4 is 0 Å². The van der Waals surface area contributed by atoms with Gasteiger partial charge >= 0.3 is 0 Å². The molecule has 0 heterocycles. The van der Waals surface area contributed by atoms with Crippen LogP contribution in [0.1, 0.15) is 33.6 Å². The van der Waals surface area contributed by atoms with Gasteiger partial charge in [0.05, 0.1) is 6.10 Å². The number of carbonyl (C=O) groups is 1. The quantitative estimate of drug-likeness (QED) is 0.647. The Hall–Kier alpha value is -0.370. The van der Waals surface area contributed by atoms with Crippen molar-refractivity contribution < 1.29 is 9.90 Å². The summed E-state index contributed by atoms with van der Waals surface area (Å²) in [5.41, 5.74) is 0. The van der Waals surface area contributed by atoms with Gasteiger partial charge in [-0.1, -0.05) is 20.3 Å². The van der Waals surface area contributed by atoms with E-state index >= 15 is 0 Å². The van der Waals surface area contributed by atoms with Crippen molar-refractivity contribution in [2.45, 2.75) is 39.7 Å². The van der Waals surface area contributed by atoms with E-state index in [0.29, 0.717) is 0 Å². The molecule has 0 saturated carbocycles. The van der Waals surface area contributed by atoms with Crippen molar-refractivity contribution in [1.29, 1.82) is 0 Å². The molecule has 0 unspecified atom stereocenters. The summed E-state index contributed by atoms with van der Waals surface area (Å²) in [7, 11) is 0. The third kappa shape index (κ3) is 2.97. The lowest BCUT2D eigenvalue weighted by Gasteiger charge is -2.14. The third-order valence-electron chi connectivity index (χ3n) is 1.80. The molecule has 0 bridgehead atoms. The van der Waals surface area contributed by atoms with Crippen LogP contribution in [0, 0.1) is 5.92 Å². The summed E-state index contributed by atoms with van der Waals surface area (Å²) in [4.78, 5) is 10.7. The third-order valence-corrected chi connectivity index (χ3v) is 1.80. The molecule has 0 fully saturated rings. The second-order valence-electron chi connectivity index (χ2n) is 2.76. The van der Waals surface area contributed by atoms with Gasteiger partial charge in [0.15, 0.2) is 0 Å². The maximum atomic E-state index is 10.7. The fourth-order valence-electron chi connectivity index (χ4n) is 0.817. The van der Waals surface area contributed by atoms with Gasteiger partial charge in [-0.3, -0.25) is 4.79 Å². The molecule has 0 aliphatic rings. The summed E-state index contributed by atoms with van der Waals surface area (Å²) in [5.74, 6) is -0.124. The summed E-state index contributed by atoms with van der Waals surface area (Å²) >= 11 is 0. The van der Waals surface area contributed by atoms with Crippen molar-refractivity contribution >= 4 is 5.78 Å². The minimum Gasteiger partial charge on any atom is -0.392 e. The van der Waals surface area contributed by atoms with Crippen LogP contribution in [0.15, 0.2) is 0 Å². The highest BCUT2D eigenvalue weighted by atomic mass is 16.3. The highest BCUT2D eigenvalue weighted by molar-refractivity contribution is 5.78. The van der Waals surface area contributed by atoms with Gasteiger partial charge < -0.3 is 5.11 Å². The SMILES string of the molecule is CCC[C@@H](O)[C@@H](C)C(C)=O. The largest absolute Gasteiger partial charge is 0.392 e. The van der Waals surface area contributed by atoms with Crippen LogP contribution in [0.3, 0.4) is 0 Å². The minimum absolute atomic E-state index is 0.0703. The molecule has 60 valence electrons. The predicted molar refractivity (Wildman–Crippen MR) is 40.8 cm³/mol. The molecular formula is C8H16O2. The van der Waals surface area contributed by atoms with Gasteiger partial charge in [-0.05, 0) is 13.3 Å². The predicted octanol–water partition coefficient (Wildman–Crippen LogP) is 1.37. The first-order valence-electron chi connectivity index (χ1n) is 3.78. The van der Waals surface area contributed by atoms with Gasteiger partial charge in [0, 0.05) is 5.92 Å². The summed E-state index contributed by atoms with van der Waals surface area (Å²) in [6.45, 7) is 5.28. The van der Waals surface area contributed by atoms with Crippen molar-refractivity contribution in [2.75, 3.05) is 0 Å². The summed E-state index contributed by atoms with van der Waals surface area (Å²) in [5, 5.41) is 9.27. The Kier molecular flexibility index (Phi) is 4.28. The maximum Gasteiger partial charge on any atom is 0.135 e. The Morgan fingerprint density at radius 3 is 2.40 bits per heavy atom. The Bertz CT molecular complexity index is 110. The molecule has 10 heavy (non-hydrogen) atoms. The molecule has 0 aliphatic heterocycles. The van der Waals surface area contributed by atoms with Crippen LogP contribution >= 0.6 is 0 Å². The molecule has 2 atom stereocenters. The number of hydrogen-bond donors (Lipinski definition) is 1. The molecule has 0 rings (SSSR count). The maximum absolute atomic E-state index is 10.7. The normalized spacial score (nSPS) is 16.4. The Balaban J connectivity index is 3.69. The summed E-state index contributed by atoms with van der Waals surface area (Å²) < 4.78 is 0. The number of hydrogen-bond acceptors (Lipinski definition) is 2. The number of rotatable bonds is 4. The molecule has 0 spiro atoms. The van der Waals surface area contributed by atoms with Gasteiger partial charge in [-0.15, -0.1) is 0 Å². The molecule has 0 aromatic heterocycles. The topological polar surface area (TPSA) is 37.3 Å². The number of ketones is 1. The molecule has 2 nitrogen and oxygen atoms in total. The second kappa shape index (κ2) is 4.45. The number of aliphatic hydroxyl groups is 1. The molecule has 0 aromatic rings. The van der Waals surface area contributed by atoms with Crippen LogP contribution in [0.5, 0.6) is 0 Å². The van der Waals surface area contributed by atoms with Crippen molar-refractivity contribution in [3.63, 3.8) is 0 Å². The monoisotopic (exact) mass is 144 g/mol. The molecule has 0 radical (unpaired) electrons. The van der Waals surface area contributed by atoms with E-state index in [1.54, 1.807) is 6.92 Å². The van der Waals surface area contributed by atoms with Crippen LogP contribution in [0.25, 0.3) is 0 Å². The Morgan fingerprint density at radius 1 is 1.60 bits per heavy atom. The van der Waals surface area contributed by atoms with E-state index in [1.807, 2.05) is 6.92 Å². The highest BCUT2D eigenvalue weighted by Gasteiger charge is 2.16. The van der Waals surface area contributed by atoms with Crippen molar-refractivity contribution in [3.8, 4) is 0 Å². The lowest BCUT2D eigenvalue weighted by molar-refractivity contribution is -0.123. The standard InChI is InChI=1S/C8H16O2/c1-4-5-8(10)6(2)7(3)9/h6,8,10H,4-5H2,1-3H3/t6-,8+/m0/s1. The van der Waals surface area contributed by atoms with E-state index in [2.05, 4.69) is 0 Å². The first-order valence-corrected chi connectivity index (χ1v) is 3.78. The van der Waals surface area contributed by atoms with Gasteiger partial charge in [-0.2, -0.15) is 0 Å². The lowest BCUT2D eigenvalue weighted by atomic mass is 9.97. The first kappa shape index (κ1) is 9.63. The van der Waals surface area contributed by atoms with Crippen LogP contribution in [-0.2, 0) is 4.79 Å². The zero-order chi connectivity index (χ0) is 8.15. The zero-order valence-electron chi connectivity index (χ0n) is 6.92. The first-order chi connectivity index (χ1) is 4.59. The number of carbonyl (C=O) groups excluding carboxylic acids is 1. The van der Waals surface area contributed by atoms with Gasteiger partial charge in [0.2, 0.25) is 0 Å². The zero-order valence-corrected chi connectivity index (χ0v) is 6.92. The number of aliphatic hydroxyl groups excluding tert-OH is 1. The van der Waals surface area contributed by atoms with E-state index < -0.39 is 6.10 Å². The molecule has 0 aliphatic carbocycles. The lowest BCUT2D eigenvalue weighted by Crippen LogP contribution is -2.23. The van der Waals surface area contributed by atoms with E-state index in [1.165, 1.54) is 6.92 Å². The van der Waals surface area contributed by atoms with E-state index in [4.69, 9.17) is 0 Å². The fourth-order valence-corrected chi connectivity index (χ4v) is 0.817. The molecule has 0 aromatic carbocycles. The second-order valence-corrected chi connectivity index (χ2v) is 2.76. The minimum atomic E-state index is -0.442. The van der Waals surface area contributed by atoms with Crippen LogP contribution in [0.2, 0.25) is 0 Å². The fraction of sp³-hybridized carbons (Fsp3) is 0.875. The average molecular weight is 144 g/mol. The Morgan fingerprint density at radius 2 is 2.10 bits per heavy atom. The smallest absolute Gasteiger partial charge is 0.135 e. The number of Topliss-reactive ketones (excluding diaryl/α,β-unsaturated/α-hetero) is 1. The van der Waals surface area contributed by atoms with Gasteiger partial charge in [0.25, 0.3) is 0 Å². The summed E-state index contributed by atoms with van der Waals surface area (Å²) in [6.07, 6.45) is 1.21. The molecule has 0 saturated heterocycles. The average Bonchev–Trinajstić information content (AvgIpc) is 1.87. The molecule has 0 amide bonds. The van der Waals surface area contributed by atoms with Crippen molar-refractivity contribution in [1.82, 2.24) is 0 Å². The van der Waals surface area contributed by atoms with Crippen molar-refractivity contribution in [3.05, 3.63) is 0 Å². The Labute approximate surface area is 62.2 Å². The van der Waals surface area contributed by atoms with Crippen molar-refractivity contribution in [2.24, 2.45) is 5.92 Å². The highest BCUT2D eigenvalue weighted by Crippen LogP contribution is 2.09.